The van der Waals surface area contributed by atoms with Gasteiger partial charge in [0.1, 0.15) is 5.65 Å². The first kappa shape index (κ1) is 14.3. The van der Waals surface area contributed by atoms with Gasteiger partial charge in [-0.3, -0.25) is 0 Å². The fraction of sp³-hybridized carbons (Fsp3) is 0.0667. The van der Waals surface area contributed by atoms with Crippen molar-refractivity contribution in [3.8, 4) is 11.3 Å². The highest BCUT2D eigenvalue weighted by Crippen LogP contribution is 2.32. The van der Waals surface area contributed by atoms with E-state index < -0.39 is 0 Å². The fourth-order valence-electron chi connectivity index (χ4n) is 2.28. The van der Waals surface area contributed by atoms with Gasteiger partial charge in [0.15, 0.2) is 0 Å². The van der Waals surface area contributed by atoms with Crippen LogP contribution in [0.25, 0.3) is 16.9 Å². The van der Waals surface area contributed by atoms with Crippen LogP contribution >= 0.6 is 35.4 Å². The molecule has 0 aliphatic rings. The summed E-state index contributed by atoms with van der Waals surface area (Å²) in [5.41, 5.74) is 9.05. The van der Waals surface area contributed by atoms with Gasteiger partial charge in [0.2, 0.25) is 0 Å². The SMILES string of the molecule is NC(=S)Cc1c(-c2ccc(Cl)cc2Cl)nc2ccccn12. The summed E-state index contributed by atoms with van der Waals surface area (Å²) in [6.45, 7) is 0. The van der Waals surface area contributed by atoms with Crippen molar-refractivity contribution in [1.82, 2.24) is 9.38 Å². The maximum Gasteiger partial charge on any atom is 0.137 e. The fourth-order valence-corrected chi connectivity index (χ4v) is 2.91. The smallest absolute Gasteiger partial charge is 0.137 e. The number of rotatable bonds is 3. The van der Waals surface area contributed by atoms with Gasteiger partial charge in [0.05, 0.1) is 21.4 Å². The monoisotopic (exact) mass is 335 g/mol. The highest BCUT2D eigenvalue weighted by Gasteiger charge is 2.16. The minimum Gasteiger partial charge on any atom is -0.393 e. The largest absolute Gasteiger partial charge is 0.393 e. The van der Waals surface area contributed by atoms with Crippen LogP contribution in [0.1, 0.15) is 5.69 Å². The van der Waals surface area contributed by atoms with Crippen LogP contribution in [0.15, 0.2) is 42.6 Å². The molecule has 0 atom stereocenters. The predicted molar refractivity (Wildman–Crippen MR) is 91.1 cm³/mol. The van der Waals surface area contributed by atoms with Crippen molar-refractivity contribution in [2.24, 2.45) is 5.73 Å². The van der Waals surface area contributed by atoms with Gasteiger partial charge in [0, 0.05) is 23.2 Å². The Labute approximate surface area is 137 Å². The number of fused-ring (bicyclic) bond motifs is 1. The van der Waals surface area contributed by atoms with Crippen LogP contribution in [-0.2, 0) is 6.42 Å². The summed E-state index contributed by atoms with van der Waals surface area (Å²) in [5, 5.41) is 1.14. The summed E-state index contributed by atoms with van der Waals surface area (Å²) in [6.07, 6.45) is 2.39. The highest BCUT2D eigenvalue weighted by atomic mass is 35.5. The van der Waals surface area contributed by atoms with Gasteiger partial charge in [0.25, 0.3) is 0 Å². The second kappa shape index (κ2) is 5.64. The first-order valence-corrected chi connectivity index (χ1v) is 7.42. The van der Waals surface area contributed by atoms with E-state index in [9.17, 15) is 0 Å². The Bertz CT molecular complexity index is 842. The van der Waals surface area contributed by atoms with Gasteiger partial charge in [-0.1, -0.05) is 41.5 Å². The van der Waals surface area contributed by atoms with Crippen LogP contribution in [0.4, 0.5) is 0 Å². The summed E-state index contributed by atoms with van der Waals surface area (Å²) >= 11 is 17.3. The molecule has 0 saturated carbocycles. The molecule has 6 heteroatoms. The summed E-state index contributed by atoms with van der Waals surface area (Å²) < 4.78 is 1.97. The molecule has 106 valence electrons. The van der Waals surface area contributed by atoms with Crippen molar-refractivity contribution >= 4 is 46.1 Å². The molecule has 21 heavy (non-hydrogen) atoms. The maximum absolute atomic E-state index is 6.30. The van der Waals surface area contributed by atoms with Gasteiger partial charge in [-0.2, -0.15) is 0 Å². The molecule has 3 rings (SSSR count). The van der Waals surface area contributed by atoms with E-state index >= 15 is 0 Å². The molecule has 2 heterocycles. The Hall–Kier alpha value is -1.62. The third kappa shape index (κ3) is 2.75. The van der Waals surface area contributed by atoms with Crippen molar-refractivity contribution in [2.75, 3.05) is 0 Å². The van der Waals surface area contributed by atoms with Crippen molar-refractivity contribution < 1.29 is 0 Å². The molecule has 3 aromatic rings. The number of nitrogens with two attached hydrogens (primary N) is 1. The number of pyridine rings is 1. The lowest BCUT2D eigenvalue weighted by molar-refractivity contribution is 1.07. The molecule has 0 unspecified atom stereocenters. The molecule has 0 saturated heterocycles. The van der Waals surface area contributed by atoms with Crippen LogP contribution in [0.5, 0.6) is 0 Å². The summed E-state index contributed by atoms with van der Waals surface area (Å²) in [7, 11) is 0. The number of halogens is 2. The Morgan fingerprint density at radius 3 is 2.76 bits per heavy atom. The number of hydrogen-bond donors (Lipinski definition) is 1. The van der Waals surface area contributed by atoms with E-state index in [1.54, 1.807) is 12.1 Å². The highest BCUT2D eigenvalue weighted by molar-refractivity contribution is 7.80. The first-order chi connectivity index (χ1) is 10.1. The van der Waals surface area contributed by atoms with E-state index in [2.05, 4.69) is 4.98 Å². The number of nitrogens with zero attached hydrogens (tertiary/aromatic N) is 2. The second-order valence-corrected chi connectivity index (χ2v) is 5.97. The number of thiocarbonyl (C=S) groups is 1. The lowest BCUT2D eigenvalue weighted by Gasteiger charge is -2.06. The van der Waals surface area contributed by atoms with Crippen molar-refractivity contribution in [2.45, 2.75) is 6.42 Å². The average molecular weight is 336 g/mol. The molecular formula is C15H11Cl2N3S. The Morgan fingerprint density at radius 2 is 2.05 bits per heavy atom. The molecule has 1 aromatic carbocycles. The van der Waals surface area contributed by atoms with Crippen LogP contribution in [0.3, 0.4) is 0 Å². The minimum absolute atomic E-state index is 0.409. The molecule has 2 aromatic heterocycles. The van der Waals surface area contributed by atoms with Gasteiger partial charge in [-0.25, -0.2) is 4.98 Å². The zero-order chi connectivity index (χ0) is 15.0. The Balaban J connectivity index is 2.28. The lowest BCUT2D eigenvalue weighted by Crippen LogP contribution is -2.13. The van der Waals surface area contributed by atoms with E-state index in [4.69, 9.17) is 41.2 Å². The number of benzene rings is 1. The van der Waals surface area contributed by atoms with E-state index in [1.165, 1.54) is 0 Å². The van der Waals surface area contributed by atoms with Gasteiger partial charge in [-0.05, 0) is 30.3 Å². The average Bonchev–Trinajstić information content (AvgIpc) is 2.77. The molecule has 2 N–H and O–H groups in total. The van der Waals surface area contributed by atoms with E-state index in [0.717, 1.165) is 22.6 Å². The van der Waals surface area contributed by atoms with Crippen LogP contribution in [0, 0.1) is 0 Å². The quantitative estimate of drug-likeness (QED) is 0.731. The first-order valence-electron chi connectivity index (χ1n) is 6.26. The molecule has 0 bridgehead atoms. The number of hydrogen-bond acceptors (Lipinski definition) is 2. The summed E-state index contributed by atoms with van der Waals surface area (Å²) in [4.78, 5) is 5.06. The zero-order valence-electron chi connectivity index (χ0n) is 10.9. The molecule has 0 aliphatic heterocycles. The van der Waals surface area contributed by atoms with Crippen molar-refractivity contribution in [1.29, 1.82) is 0 Å². The molecule has 0 radical (unpaired) electrons. The molecule has 0 amide bonds. The minimum atomic E-state index is 0.409. The summed E-state index contributed by atoms with van der Waals surface area (Å²) in [5.74, 6) is 0. The standard InChI is InChI=1S/C15H11Cl2N3S/c16-9-4-5-10(11(17)7-9)15-12(8-13(18)21)20-6-2-1-3-14(20)19-15/h1-7H,8H2,(H2,18,21). The molecule has 3 nitrogen and oxygen atoms in total. The van der Waals surface area contributed by atoms with E-state index in [1.807, 2.05) is 34.9 Å². The predicted octanol–water partition coefficient (Wildman–Crippen LogP) is 4.14. The van der Waals surface area contributed by atoms with Crippen molar-refractivity contribution in [3.05, 3.63) is 58.3 Å². The van der Waals surface area contributed by atoms with Gasteiger partial charge >= 0.3 is 0 Å². The summed E-state index contributed by atoms with van der Waals surface area (Å²) in [6, 6.07) is 11.1. The second-order valence-electron chi connectivity index (χ2n) is 4.60. The maximum atomic E-state index is 6.30. The topological polar surface area (TPSA) is 43.3 Å². The van der Waals surface area contributed by atoms with Crippen molar-refractivity contribution in [3.63, 3.8) is 0 Å². The Kier molecular flexibility index (Phi) is 3.85. The van der Waals surface area contributed by atoms with Gasteiger partial charge < -0.3 is 10.1 Å². The third-order valence-electron chi connectivity index (χ3n) is 3.16. The molecule has 0 aliphatic carbocycles. The number of imidazole rings is 1. The zero-order valence-corrected chi connectivity index (χ0v) is 13.2. The molecule has 0 fully saturated rings. The van der Waals surface area contributed by atoms with Crippen LogP contribution < -0.4 is 5.73 Å². The normalized spacial score (nSPS) is 11.0. The Morgan fingerprint density at radius 1 is 1.24 bits per heavy atom. The van der Waals surface area contributed by atoms with E-state index in [-0.39, 0.29) is 0 Å². The van der Waals surface area contributed by atoms with E-state index in [0.29, 0.717) is 21.5 Å². The molecule has 0 spiro atoms. The molecular weight excluding hydrogens is 325 g/mol. The number of aromatic nitrogens is 2. The van der Waals surface area contributed by atoms with Crippen LogP contribution in [-0.4, -0.2) is 14.4 Å². The third-order valence-corrected chi connectivity index (χ3v) is 3.85. The van der Waals surface area contributed by atoms with Crippen LogP contribution in [0.2, 0.25) is 10.0 Å². The van der Waals surface area contributed by atoms with Gasteiger partial charge in [-0.15, -0.1) is 0 Å². The lowest BCUT2D eigenvalue weighted by atomic mass is 10.1.